The van der Waals surface area contributed by atoms with Gasteiger partial charge in [0.2, 0.25) is 0 Å². The van der Waals surface area contributed by atoms with Crippen LogP contribution >= 0.6 is 12.6 Å². The van der Waals surface area contributed by atoms with Gasteiger partial charge in [-0.05, 0) is 23.3 Å². The first-order valence-corrected chi connectivity index (χ1v) is 6.16. The van der Waals surface area contributed by atoms with Gasteiger partial charge >= 0.3 is 5.97 Å². The van der Waals surface area contributed by atoms with E-state index in [9.17, 15) is 4.79 Å². The monoisotopic (exact) mass is 258 g/mol. The highest BCUT2D eigenvalue weighted by atomic mass is 32.1. The van der Waals surface area contributed by atoms with Crippen molar-refractivity contribution in [2.45, 2.75) is 17.9 Å². The maximum Gasteiger partial charge on any atom is 0.310 e. The van der Waals surface area contributed by atoms with E-state index in [1.165, 1.54) is 0 Å². The lowest BCUT2D eigenvalue weighted by Gasteiger charge is -2.05. The molecule has 0 heterocycles. The molecular weight excluding hydrogens is 244 g/mol. The second kappa shape index (κ2) is 6.26. The van der Waals surface area contributed by atoms with Crippen LogP contribution in [0.2, 0.25) is 0 Å². The maximum atomic E-state index is 11.6. The summed E-state index contributed by atoms with van der Waals surface area (Å²) in [7, 11) is 0. The minimum absolute atomic E-state index is 0.217. The van der Waals surface area contributed by atoms with E-state index in [0.717, 1.165) is 16.0 Å². The molecule has 2 aromatic carbocycles. The molecule has 0 aliphatic rings. The first-order chi connectivity index (χ1) is 8.74. The summed E-state index contributed by atoms with van der Waals surface area (Å²) >= 11 is 4.20. The van der Waals surface area contributed by atoms with E-state index in [2.05, 4.69) is 12.6 Å². The van der Waals surface area contributed by atoms with Crippen molar-refractivity contribution in [3.63, 3.8) is 0 Å². The third-order valence-corrected chi connectivity index (χ3v) is 2.83. The van der Waals surface area contributed by atoms with Gasteiger partial charge in [-0.1, -0.05) is 42.5 Å². The molecule has 0 bridgehead atoms. The molecule has 0 saturated heterocycles. The SMILES string of the molecule is O=C(Cc1ccc(S)cc1)OCc1ccccc1. The van der Waals surface area contributed by atoms with Crippen molar-refractivity contribution in [1.82, 2.24) is 0 Å². The Kier molecular flexibility index (Phi) is 4.42. The Morgan fingerprint density at radius 2 is 1.61 bits per heavy atom. The van der Waals surface area contributed by atoms with Gasteiger partial charge in [-0.2, -0.15) is 0 Å². The largest absolute Gasteiger partial charge is 0.461 e. The van der Waals surface area contributed by atoms with E-state index < -0.39 is 0 Å². The van der Waals surface area contributed by atoms with E-state index in [4.69, 9.17) is 4.74 Å². The molecule has 0 spiro atoms. The van der Waals surface area contributed by atoms with Gasteiger partial charge in [0.15, 0.2) is 0 Å². The highest BCUT2D eigenvalue weighted by Crippen LogP contribution is 2.09. The Bertz CT molecular complexity index is 506. The fourth-order valence-corrected chi connectivity index (χ4v) is 1.72. The van der Waals surface area contributed by atoms with Crippen molar-refractivity contribution in [3.05, 3.63) is 65.7 Å². The van der Waals surface area contributed by atoms with Gasteiger partial charge in [0.1, 0.15) is 6.61 Å². The lowest BCUT2D eigenvalue weighted by Crippen LogP contribution is -2.07. The number of rotatable bonds is 4. The van der Waals surface area contributed by atoms with Gasteiger partial charge in [-0.3, -0.25) is 4.79 Å². The number of ether oxygens (including phenoxy) is 1. The second-order valence-electron chi connectivity index (χ2n) is 3.99. The van der Waals surface area contributed by atoms with Crippen molar-refractivity contribution < 1.29 is 9.53 Å². The number of carbonyl (C=O) groups is 1. The quantitative estimate of drug-likeness (QED) is 0.673. The molecule has 3 heteroatoms. The summed E-state index contributed by atoms with van der Waals surface area (Å²) in [5, 5.41) is 0. The lowest BCUT2D eigenvalue weighted by molar-refractivity contribution is -0.144. The second-order valence-corrected chi connectivity index (χ2v) is 4.51. The highest BCUT2D eigenvalue weighted by molar-refractivity contribution is 7.80. The Morgan fingerprint density at radius 3 is 2.28 bits per heavy atom. The highest BCUT2D eigenvalue weighted by Gasteiger charge is 2.04. The van der Waals surface area contributed by atoms with Gasteiger partial charge in [0.05, 0.1) is 6.42 Å². The third-order valence-electron chi connectivity index (χ3n) is 2.53. The fraction of sp³-hybridized carbons (Fsp3) is 0.133. The predicted octanol–water partition coefficient (Wildman–Crippen LogP) is 3.26. The van der Waals surface area contributed by atoms with Crippen LogP contribution in [0.3, 0.4) is 0 Å². The standard InChI is InChI=1S/C15H14O2S/c16-15(10-12-6-8-14(18)9-7-12)17-11-13-4-2-1-3-5-13/h1-9,18H,10-11H2. The Hall–Kier alpha value is -1.74. The number of hydrogen-bond acceptors (Lipinski definition) is 3. The smallest absolute Gasteiger partial charge is 0.310 e. The average Bonchev–Trinajstić information content (AvgIpc) is 2.40. The van der Waals surface area contributed by atoms with Crippen LogP contribution in [-0.2, 0) is 22.6 Å². The van der Waals surface area contributed by atoms with Crippen molar-refractivity contribution in [3.8, 4) is 0 Å². The van der Waals surface area contributed by atoms with Crippen LogP contribution in [0.4, 0.5) is 0 Å². The summed E-state index contributed by atoms with van der Waals surface area (Å²) in [4.78, 5) is 12.5. The third kappa shape index (κ3) is 3.93. The topological polar surface area (TPSA) is 26.3 Å². The van der Waals surface area contributed by atoms with Gasteiger partial charge in [-0.25, -0.2) is 0 Å². The molecular formula is C15H14O2S. The summed E-state index contributed by atoms with van der Waals surface area (Å²) in [6, 6.07) is 17.1. The van der Waals surface area contributed by atoms with Crippen LogP contribution < -0.4 is 0 Å². The minimum atomic E-state index is -0.217. The molecule has 0 aliphatic carbocycles. The lowest BCUT2D eigenvalue weighted by atomic mass is 10.1. The molecule has 2 aromatic rings. The van der Waals surface area contributed by atoms with Gasteiger partial charge < -0.3 is 4.74 Å². The molecule has 0 saturated carbocycles. The van der Waals surface area contributed by atoms with E-state index in [1.54, 1.807) is 0 Å². The number of hydrogen-bond donors (Lipinski definition) is 1. The Labute approximate surface area is 112 Å². The average molecular weight is 258 g/mol. The molecule has 0 atom stereocenters. The molecule has 0 aliphatic heterocycles. The molecule has 0 radical (unpaired) electrons. The molecule has 0 N–H and O–H groups in total. The maximum absolute atomic E-state index is 11.6. The molecule has 2 nitrogen and oxygen atoms in total. The first kappa shape index (κ1) is 12.7. The molecule has 0 aromatic heterocycles. The summed E-state index contributed by atoms with van der Waals surface area (Å²) in [5.74, 6) is -0.217. The van der Waals surface area contributed by atoms with Crippen LogP contribution in [0.15, 0.2) is 59.5 Å². The summed E-state index contributed by atoms with van der Waals surface area (Å²) in [6.45, 7) is 0.324. The number of benzene rings is 2. The van der Waals surface area contributed by atoms with Crippen LogP contribution in [0.5, 0.6) is 0 Å². The fourth-order valence-electron chi connectivity index (χ4n) is 1.57. The molecule has 92 valence electrons. The van der Waals surface area contributed by atoms with Gasteiger partial charge in [0.25, 0.3) is 0 Å². The van der Waals surface area contributed by atoms with Crippen molar-refractivity contribution in [1.29, 1.82) is 0 Å². The zero-order chi connectivity index (χ0) is 12.8. The zero-order valence-corrected chi connectivity index (χ0v) is 10.8. The van der Waals surface area contributed by atoms with E-state index in [-0.39, 0.29) is 5.97 Å². The molecule has 0 unspecified atom stereocenters. The van der Waals surface area contributed by atoms with Crippen molar-refractivity contribution in [2.24, 2.45) is 0 Å². The van der Waals surface area contributed by atoms with Crippen molar-refractivity contribution in [2.75, 3.05) is 0 Å². The number of thiol groups is 1. The minimum Gasteiger partial charge on any atom is -0.461 e. The number of esters is 1. The Balaban J connectivity index is 1.84. The van der Waals surface area contributed by atoms with Gasteiger partial charge in [0, 0.05) is 4.90 Å². The summed E-state index contributed by atoms with van der Waals surface area (Å²) in [5.41, 5.74) is 1.93. The first-order valence-electron chi connectivity index (χ1n) is 5.71. The van der Waals surface area contributed by atoms with Crippen LogP contribution in [0.1, 0.15) is 11.1 Å². The van der Waals surface area contributed by atoms with Crippen LogP contribution in [-0.4, -0.2) is 5.97 Å². The number of carbonyl (C=O) groups excluding carboxylic acids is 1. The summed E-state index contributed by atoms with van der Waals surface area (Å²) < 4.78 is 5.20. The van der Waals surface area contributed by atoms with Crippen molar-refractivity contribution >= 4 is 18.6 Å². The van der Waals surface area contributed by atoms with E-state index in [1.807, 2.05) is 54.6 Å². The molecule has 0 fully saturated rings. The predicted molar refractivity (Wildman–Crippen MR) is 73.6 cm³/mol. The zero-order valence-electron chi connectivity index (χ0n) is 9.87. The Morgan fingerprint density at radius 1 is 0.944 bits per heavy atom. The van der Waals surface area contributed by atoms with Gasteiger partial charge in [-0.15, -0.1) is 12.6 Å². The molecule has 18 heavy (non-hydrogen) atoms. The summed E-state index contributed by atoms with van der Waals surface area (Å²) in [6.07, 6.45) is 0.293. The normalized spacial score (nSPS) is 10.1. The van der Waals surface area contributed by atoms with Crippen LogP contribution in [0.25, 0.3) is 0 Å². The van der Waals surface area contributed by atoms with E-state index in [0.29, 0.717) is 13.0 Å². The van der Waals surface area contributed by atoms with E-state index >= 15 is 0 Å². The van der Waals surface area contributed by atoms with Crippen LogP contribution in [0, 0.1) is 0 Å². The molecule has 2 rings (SSSR count). The molecule has 0 amide bonds.